The first-order valence-electron chi connectivity index (χ1n) is 7.16. The van der Waals surface area contributed by atoms with Crippen LogP contribution in [0.2, 0.25) is 0 Å². The molecule has 2 heteroatoms. The van der Waals surface area contributed by atoms with Crippen molar-refractivity contribution in [3.63, 3.8) is 0 Å². The van der Waals surface area contributed by atoms with E-state index < -0.39 is 0 Å². The molecule has 1 aromatic rings. The van der Waals surface area contributed by atoms with E-state index in [0.717, 1.165) is 12.5 Å². The number of hydrogen-bond donors (Lipinski definition) is 2. The Morgan fingerprint density at radius 1 is 1.17 bits per heavy atom. The summed E-state index contributed by atoms with van der Waals surface area (Å²) in [5.74, 6) is 0.785. The highest BCUT2D eigenvalue weighted by atomic mass is 16.3. The maximum atomic E-state index is 9.71. The van der Waals surface area contributed by atoms with Crippen LogP contribution in [0, 0.1) is 5.92 Å². The molecule has 0 aliphatic heterocycles. The van der Waals surface area contributed by atoms with E-state index >= 15 is 0 Å². The van der Waals surface area contributed by atoms with Crippen LogP contribution in [0.25, 0.3) is 0 Å². The average molecular weight is 247 g/mol. The smallest absolute Gasteiger partial charge is 0.0652 e. The summed E-state index contributed by atoms with van der Waals surface area (Å²) in [4.78, 5) is 0. The predicted octanol–water partition coefficient (Wildman–Crippen LogP) is 3.06. The van der Waals surface area contributed by atoms with Gasteiger partial charge in [0.25, 0.3) is 0 Å². The topological polar surface area (TPSA) is 32.3 Å². The number of aliphatic hydroxyl groups is 1. The number of benzene rings is 1. The molecule has 1 fully saturated rings. The normalized spacial score (nSPS) is 20.6. The van der Waals surface area contributed by atoms with Gasteiger partial charge in [-0.05, 0) is 37.8 Å². The molecule has 2 N–H and O–H groups in total. The minimum Gasteiger partial charge on any atom is -0.394 e. The molecule has 2 nitrogen and oxygen atoms in total. The Morgan fingerprint density at radius 3 is 2.44 bits per heavy atom. The first kappa shape index (κ1) is 13.6. The Balaban J connectivity index is 1.95. The summed E-state index contributed by atoms with van der Waals surface area (Å²) in [6, 6.07) is 10.3. The summed E-state index contributed by atoms with van der Waals surface area (Å²) in [7, 11) is 0. The molecular formula is C16H25NO. The van der Waals surface area contributed by atoms with Gasteiger partial charge >= 0.3 is 0 Å². The lowest BCUT2D eigenvalue weighted by Gasteiger charge is -2.32. The van der Waals surface area contributed by atoms with Gasteiger partial charge in [-0.1, -0.05) is 49.6 Å². The standard InChI is InChI=1S/C16H25NO/c1-16(13-18,15-10-6-3-7-11-15)17-12-14-8-4-2-5-9-14/h3,6-7,10-11,14,17-18H,2,4-5,8-9,12-13H2,1H3. The van der Waals surface area contributed by atoms with E-state index in [-0.39, 0.29) is 12.1 Å². The van der Waals surface area contributed by atoms with Crippen molar-refractivity contribution in [3.05, 3.63) is 35.9 Å². The van der Waals surface area contributed by atoms with Crippen molar-refractivity contribution in [3.8, 4) is 0 Å². The maximum absolute atomic E-state index is 9.71. The maximum Gasteiger partial charge on any atom is 0.0652 e. The molecule has 1 aliphatic carbocycles. The van der Waals surface area contributed by atoms with Crippen LogP contribution in [0.5, 0.6) is 0 Å². The summed E-state index contributed by atoms with van der Waals surface area (Å²) < 4.78 is 0. The molecule has 0 bridgehead atoms. The van der Waals surface area contributed by atoms with E-state index in [1.54, 1.807) is 0 Å². The van der Waals surface area contributed by atoms with Crippen LogP contribution < -0.4 is 5.32 Å². The zero-order valence-electron chi connectivity index (χ0n) is 11.4. The third-order valence-corrected chi connectivity index (χ3v) is 4.23. The molecule has 18 heavy (non-hydrogen) atoms. The highest BCUT2D eigenvalue weighted by Crippen LogP contribution is 2.25. The largest absolute Gasteiger partial charge is 0.394 e. The third-order valence-electron chi connectivity index (χ3n) is 4.23. The number of rotatable bonds is 5. The molecule has 1 saturated carbocycles. The number of nitrogens with one attached hydrogen (secondary N) is 1. The lowest BCUT2D eigenvalue weighted by Crippen LogP contribution is -2.45. The molecule has 0 radical (unpaired) electrons. The van der Waals surface area contributed by atoms with E-state index in [0.29, 0.717) is 0 Å². The van der Waals surface area contributed by atoms with Crippen LogP contribution in [-0.4, -0.2) is 18.3 Å². The van der Waals surface area contributed by atoms with Crippen LogP contribution >= 0.6 is 0 Å². The zero-order valence-corrected chi connectivity index (χ0v) is 11.4. The molecule has 1 aromatic carbocycles. The minimum absolute atomic E-state index is 0.143. The van der Waals surface area contributed by atoms with Crippen LogP contribution in [-0.2, 0) is 5.54 Å². The Hall–Kier alpha value is -0.860. The monoisotopic (exact) mass is 247 g/mol. The molecule has 1 unspecified atom stereocenters. The van der Waals surface area contributed by atoms with Crippen molar-refractivity contribution >= 4 is 0 Å². The van der Waals surface area contributed by atoms with Crippen molar-refractivity contribution in [2.75, 3.05) is 13.2 Å². The van der Waals surface area contributed by atoms with Gasteiger partial charge in [0.15, 0.2) is 0 Å². The van der Waals surface area contributed by atoms with Crippen molar-refractivity contribution in [2.24, 2.45) is 5.92 Å². The van der Waals surface area contributed by atoms with E-state index in [1.807, 2.05) is 18.2 Å². The first-order valence-corrected chi connectivity index (χ1v) is 7.16. The molecule has 0 spiro atoms. The Morgan fingerprint density at radius 2 is 1.83 bits per heavy atom. The lowest BCUT2D eigenvalue weighted by atomic mass is 9.87. The van der Waals surface area contributed by atoms with Gasteiger partial charge in [-0.25, -0.2) is 0 Å². The molecule has 0 heterocycles. The lowest BCUT2D eigenvalue weighted by molar-refractivity contribution is 0.164. The number of aliphatic hydroxyl groups excluding tert-OH is 1. The molecule has 0 aromatic heterocycles. The molecule has 2 rings (SSSR count). The SMILES string of the molecule is CC(CO)(NCC1CCCCC1)c1ccccc1. The Labute approximate surface area is 110 Å². The number of hydrogen-bond acceptors (Lipinski definition) is 2. The van der Waals surface area contributed by atoms with Gasteiger partial charge < -0.3 is 10.4 Å². The fraction of sp³-hybridized carbons (Fsp3) is 0.625. The molecule has 0 amide bonds. The second-order valence-corrected chi connectivity index (χ2v) is 5.74. The Bertz CT molecular complexity index is 345. The van der Waals surface area contributed by atoms with Gasteiger partial charge in [0.05, 0.1) is 12.1 Å². The minimum atomic E-state index is -0.307. The quantitative estimate of drug-likeness (QED) is 0.838. The van der Waals surface area contributed by atoms with Gasteiger partial charge in [0.1, 0.15) is 0 Å². The van der Waals surface area contributed by atoms with E-state index in [2.05, 4.69) is 24.4 Å². The van der Waals surface area contributed by atoms with Gasteiger partial charge in [-0.15, -0.1) is 0 Å². The summed E-state index contributed by atoms with van der Waals surface area (Å²) in [5, 5.41) is 13.3. The zero-order chi connectivity index (χ0) is 12.8. The molecule has 100 valence electrons. The summed E-state index contributed by atoms with van der Waals surface area (Å²) in [6.45, 7) is 3.25. The van der Waals surface area contributed by atoms with Crippen LogP contribution in [0.3, 0.4) is 0 Å². The summed E-state index contributed by atoms with van der Waals surface area (Å²) in [5.41, 5.74) is 0.863. The van der Waals surface area contributed by atoms with E-state index in [1.165, 1.54) is 37.7 Å². The van der Waals surface area contributed by atoms with Gasteiger partial charge in [0.2, 0.25) is 0 Å². The molecule has 1 atom stereocenters. The fourth-order valence-corrected chi connectivity index (χ4v) is 2.82. The van der Waals surface area contributed by atoms with Crippen LogP contribution in [0.4, 0.5) is 0 Å². The summed E-state index contributed by atoms with van der Waals surface area (Å²) in [6.07, 6.45) is 6.81. The van der Waals surface area contributed by atoms with Gasteiger partial charge in [-0.3, -0.25) is 0 Å². The predicted molar refractivity (Wildman–Crippen MR) is 75.5 cm³/mol. The second-order valence-electron chi connectivity index (χ2n) is 5.74. The highest BCUT2D eigenvalue weighted by molar-refractivity contribution is 5.23. The fourth-order valence-electron chi connectivity index (χ4n) is 2.82. The van der Waals surface area contributed by atoms with Gasteiger partial charge in [-0.2, -0.15) is 0 Å². The van der Waals surface area contributed by atoms with Crippen LogP contribution in [0.1, 0.15) is 44.6 Å². The highest BCUT2D eigenvalue weighted by Gasteiger charge is 2.26. The van der Waals surface area contributed by atoms with Crippen molar-refractivity contribution in [2.45, 2.75) is 44.6 Å². The third kappa shape index (κ3) is 3.33. The first-order chi connectivity index (χ1) is 8.74. The van der Waals surface area contributed by atoms with Crippen molar-refractivity contribution < 1.29 is 5.11 Å². The van der Waals surface area contributed by atoms with E-state index in [4.69, 9.17) is 0 Å². The second kappa shape index (κ2) is 6.35. The molecular weight excluding hydrogens is 222 g/mol. The van der Waals surface area contributed by atoms with Crippen molar-refractivity contribution in [1.29, 1.82) is 0 Å². The van der Waals surface area contributed by atoms with Crippen molar-refractivity contribution in [1.82, 2.24) is 5.32 Å². The summed E-state index contributed by atoms with van der Waals surface area (Å²) >= 11 is 0. The van der Waals surface area contributed by atoms with E-state index in [9.17, 15) is 5.11 Å². The van der Waals surface area contributed by atoms with Crippen LogP contribution in [0.15, 0.2) is 30.3 Å². The average Bonchev–Trinajstić information content (AvgIpc) is 2.47. The molecule has 1 aliphatic rings. The van der Waals surface area contributed by atoms with Gasteiger partial charge in [0, 0.05) is 0 Å². The Kier molecular flexibility index (Phi) is 4.79. The molecule has 0 saturated heterocycles.